The number of carbonyl (C=O) groups excluding carboxylic acids is 1. The van der Waals surface area contributed by atoms with E-state index in [0.29, 0.717) is 18.7 Å². The SMILES string of the molecule is O=C(c1ccc(Oc2ccc(F)cc2S(=O)(=O)C(F)(F)F)cc1)N1CCCC1. The first-order valence-corrected chi connectivity index (χ1v) is 9.76. The average molecular weight is 417 g/mol. The summed E-state index contributed by atoms with van der Waals surface area (Å²) in [6.45, 7) is 1.32. The minimum Gasteiger partial charge on any atom is -0.456 e. The molecule has 2 aromatic rings. The van der Waals surface area contributed by atoms with Crippen molar-refractivity contribution in [2.75, 3.05) is 13.1 Å². The molecule has 0 spiro atoms. The van der Waals surface area contributed by atoms with Crippen LogP contribution in [0.15, 0.2) is 47.4 Å². The molecule has 0 aliphatic carbocycles. The third-order valence-electron chi connectivity index (χ3n) is 4.22. The van der Waals surface area contributed by atoms with E-state index in [1.807, 2.05) is 0 Å². The van der Waals surface area contributed by atoms with Gasteiger partial charge in [0.05, 0.1) is 0 Å². The van der Waals surface area contributed by atoms with Crippen LogP contribution in [0.4, 0.5) is 17.6 Å². The van der Waals surface area contributed by atoms with Crippen LogP contribution >= 0.6 is 0 Å². The molecule has 10 heteroatoms. The number of rotatable bonds is 4. The monoisotopic (exact) mass is 417 g/mol. The van der Waals surface area contributed by atoms with Crippen molar-refractivity contribution in [2.24, 2.45) is 0 Å². The van der Waals surface area contributed by atoms with E-state index < -0.39 is 31.8 Å². The van der Waals surface area contributed by atoms with Crippen LogP contribution in [0.5, 0.6) is 11.5 Å². The second-order valence-electron chi connectivity index (χ2n) is 6.17. The Hall–Kier alpha value is -2.62. The number of benzene rings is 2. The average Bonchev–Trinajstić information content (AvgIpc) is 3.17. The zero-order valence-corrected chi connectivity index (χ0v) is 15.2. The van der Waals surface area contributed by atoms with Gasteiger partial charge in [0.2, 0.25) is 0 Å². The van der Waals surface area contributed by atoms with Gasteiger partial charge in [0.25, 0.3) is 15.7 Å². The molecule has 150 valence electrons. The van der Waals surface area contributed by atoms with Crippen molar-refractivity contribution in [3.8, 4) is 11.5 Å². The fourth-order valence-corrected chi connectivity index (χ4v) is 3.69. The van der Waals surface area contributed by atoms with E-state index in [4.69, 9.17) is 4.74 Å². The van der Waals surface area contributed by atoms with Gasteiger partial charge in [-0.05, 0) is 55.3 Å². The predicted octanol–water partition coefficient (Wildman–Crippen LogP) is 4.15. The lowest BCUT2D eigenvalue weighted by atomic mass is 10.2. The van der Waals surface area contributed by atoms with Gasteiger partial charge in [0, 0.05) is 18.7 Å². The lowest BCUT2D eigenvalue weighted by Crippen LogP contribution is -2.27. The van der Waals surface area contributed by atoms with Gasteiger partial charge in [-0.2, -0.15) is 13.2 Å². The molecule has 3 rings (SSSR count). The van der Waals surface area contributed by atoms with E-state index in [0.717, 1.165) is 25.0 Å². The molecule has 0 unspecified atom stereocenters. The lowest BCUT2D eigenvalue weighted by molar-refractivity contribution is -0.0437. The molecule has 1 saturated heterocycles. The van der Waals surface area contributed by atoms with Crippen molar-refractivity contribution in [3.05, 3.63) is 53.8 Å². The summed E-state index contributed by atoms with van der Waals surface area (Å²) < 4.78 is 80.5. The third kappa shape index (κ3) is 3.96. The van der Waals surface area contributed by atoms with Crippen LogP contribution in [0.1, 0.15) is 23.2 Å². The van der Waals surface area contributed by atoms with Crippen molar-refractivity contribution in [1.29, 1.82) is 0 Å². The molecular weight excluding hydrogens is 402 g/mol. The molecule has 28 heavy (non-hydrogen) atoms. The first-order valence-electron chi connectivity index (χ1n) is 8.28. The fourth-order valence-electron chi connectivity index (χ4n) is 2.80. The Labute approximate surface area is 158 Å². The van der Waals surface area contributed by atoms with Crippen molar-refractivity contribution in [3.63, 3.8) is 0 Å². The molecule has 1 heterocycles. The minimum absolute atomic E-state index is 0.00297. The maximum atomic E-state index is 13.4. The second kappa shape index (κ2) is 7.42. The van der Waals surface area contributed by atoms with Gasteiger partial charge in [-0.25, -0.2) is 12.8 Å². The molecule has 0 atom stereocenters. The van der Waals surface area contributed by atoms with Crippen molar-refractivity contribution in [2.45, 2.75) is 23.2 Å². The first-order chi connectivity index (χ1) is 13.1. The Morgan fingerprint density at radius 3 is 2.18 bits per heavy atom. The highest BCUT2D eigenvalue weighted by Gasteiger charge is 2.48. The van der Waals surface area contributed by atoms with E-state index >= 15 is 0 Å². The Balaban J connectivity index is 1.87. The lowest BCUT2D eigenvalue weighted by Gasteiger charge is -2.16. The number of alkyl halides is 3. The molecule has 5 nitrogen and oxygen atoms in total. The number of likely N-dealkylation sites (tertiary alicyclic amines) is 1. The topological polar surface area (TPSA) is 63.7 Å². The number of hydrogen-bond acceptors (Lipinski definition) is 4. The molecule has 1 amide bonds. The number of sulfone groups is 1. The number of nitrogens with zero attached hydrogens (tertiary/aromatic N) is 1. The van der Waals surface area contributed by atoms with Gasteiger partial charge in [-0.1, -0.05) is 0 Å². The van der Waals surface area contributed by atoms with Crippen LogP contribution in [0.3, 0.4) is 0 Å². The summed E-state index contributed by atoms with van der Waals surface area (Å²) >= 11 is 0. The van der Waals surface area contributed by atoms with Gasteiger partial charge in [0.1, 0.15) is 22.2 Å². The van der Waals surface area contributed by atoms with Crippen molar-refractivity contribution in [1.82, 2.24) is 4.90 Å². The molecule has 0 radical (unpaired) electrons. The van der Waals surface area contributed by atoms with E-state index in [2.05, 4.69) is 0 Å². The van der Waals surface area contributed by atoms with E-state index in [9.17, 15) is 30.8 Å². The predicted molar refractivity (Wildman–Crippen MR) is 91.3 cm³/mol. The highest BCUT2D eigenvalue weighted by atomic mass is 32.2. The quantitative estimate of drug-likeness (QED) is 0.702. The van der Waals surface area contributed by atoms with Crippen LogP contribution in [0.2, 0.25) is 0 Å². The second-order valence-corrected chi connectivity index (χ2v) is 8.08. The number of halogens is 4. The van der Waals surface area contributed by atoms with Crippen LogP contribution in [0.25, 0.3) is 0 Å². The Morgan fingerprint density at radius 1 is 1.00 bits per heavy atom. The molecule has 1 aliphatic rings. The highest BCUT2D eigenvalue weighted by molar-refractivity contribution is 7.92. The summed E-state index contributed by atoms with van der Waals surface area (Å²) in [5.41, 5.74) is -5.23. The van der Waals surface area contributed by atoms with Gasteiger partial charge < -0.3 is 9.64 Å². The molecule has 0 bridgehead atoms. The third-order valence-corrected chi connectivity index (χ3v) is 5.73. The molecule has 2 aromatic carbocycles. The van der Waals surface area contributed by atoms with Crippen LogP contribution in [-0.2, 0) is 9.84 Å². The standard InChI is InChI=1S/C18H15F4NO4S/c19-13-5-8-15(16(11-13)28(25,26)18(20,21)22)27-14-6-3-12(4-7-14)17(24)23-9-1-2-10-23/h3-8,11H,1-2,9-10H2. The van der Waals surface area contributed by atoms with Crippen LogP contribution in [0, 0.1) is 5.82 Å². The summed E-state index contributed by atoms with van der Waals surface area (Å²) in [5, 5.41) is 0. The summed E-state index contributed by atoms with van der Waals surface area (Å²) in [7, 11) is -5.81. The molecule has 0 saturated carbocycles. The summed E-state index contributed by atoms with van der Waals surface area (Å²) in [4.78, 5) is 12.7. The van der Waals surface area contributed by atoms with Crippen molar-refractivity contribution >= 4 is 15.7 Å². The summed E-state index contributed by atoms with van der Waals surface area (Å²) in [6.07, 6.45) is 1.85. The van der Waals surface area contributed by atoms with Gasteiger partial charge in [-0.15, -0.1) is 0 Å². The molecule has 1 aliphatic heterocycles. The molecular formula is C18H15F4NO4S. The van der Waals surface area contributed by atoms with Crippen LogP contribution in [-0.4, -0.2) is 37.8 Å². The van der Waals surface area contributed by atoms with E-state index in [1.165, 1.54) is 24.3 Å². The fraction of sp³-hybridized carbons (Fsp3) is 0.278. The smallest absolute Gasteiger partial charge is 0.456 e. The number of carbonyl (C=O) groups is 1. The molecule has 0 N–H and O–H groups in total. The zero-order valence-electron chi connectivity index (χ0n) is 14.4. The van der Waals surface area contributed by atoms with Gasteiger partial charge in [0.15, 0.2) is 0 Å². The zero-order chi connectivity index (χ0) is 20.5. The summed E-state index contributed by atoms with van der Waals surface area (Å²) in [6, 6.07) is 7.36. The maximum absolute atomic E-state index is 13.4. The number of hydrogen-bond donors (Lipinski definition) is 0. The molecule has 1 fully saturated rings. The maximum Gasteiger partial charge on any atom is 0.502 e. The van der Waals surface area contributed by atoms with Crippen molar-refractivity contribution < 1.29 is 35.5 Å². The molecule has 0 aromatic heterocycles. The van der Waals surface area contributed by atoms with Gasteiger partial charge >= 0.3 is 5.51 Å². The summed E-state index contributed by atoms with van der Waals surface area (Å²) in [5.74, 6) is -1.99. The Morgan fingerprint density at radius 2 is 1.61 bits per heavy atom. The number of ether oxygens (including phenoxy) is 1. The minimum atomic E-state index is -5.81. The van der Waals surface area contributed by atoms with Gasteiger partial charge in [-0.3, -0.25) is 4.79 Å². The largest absolute Gasteiger partial charge is 0.502 e. The first kappa shape index (κ1) is 20.1. The Kier molecular flexibility index (Phi) is 5.33. The normalized spacial score (nSPS) is 14.9. The Bertz CT molecular complexity index is 982. The highest BCUT2D eigenvalue weighted by Crippen LogP contribution is 2.37. The van der Waals surface area contributed by atoms with E-state index in [1.54, 1.807) is 4.90 Å². The van der Waals surface area contributed by atoms with Crippen LogP contribution < -0.4 is 4.74 Å². The number of amides is 1. The van der Waals surface area contributed by atoms with E-state index in [-0.39, 0.29) is 17.7 Å².